The molecule has 2 rings (SSSR count). The highest BCUT2D eigenvalue weighted by atomic mass is 35.5. The van der Waals surface area contributed by atoms with Crippen molar-refractivity contribution in [3.63, 3.8) is 0 Å². The van der Waals surface area contributed by atoms with Gasteiger partial charge in [0.1, 0.15) is 5.69 Å². The smallest absolute Gasteiger partial charge is 0.258 e. The molecule has 1 aromatic carbocycles. The summed E-state index contributed by atoms with van der Waals surface area (Å²) < 4.78 is 0. The van der Waals surface area contributed by atoms with Crippen molar-refractivity contribution in [1.29, 1.82) is 0 Å². The van der Waals surface area contributed by atoms with Gasteiger partial charge in [-0.2, -0.15) is 0 Å². The number of aromatic nitrogens is 2. The first-order valence-corrected chi connectivity index (χ1v) is 7.54. The van der Waals surface area contributed by atoms with E-state index in [-0.39, 0.29) is 21.7 Å². The number of nitrogens with zero attached hydrogens (tertiary/aromatic N) is 3. The Bertz CT molecular complexity index is 675. The molecule has 0 spiro atoms. The summed E-state index contributed by atoms with van der Waals surface area (Å²) in [6.07, 6.45) is 0. The summed E-state index contributed by atoms with van der Waals surface area (Å²) in [6.45, 7) is 5.78. The standard InChI is InChI=1S/C14H14ClN3O2S/c1-8(2)10-4-6-11(7-5-10)21-13-12(18(19)20)9(3)16-14(15)17-13/h4-8H,1-3H3. The number of halogens is 1. The largest absolute Gasteiger partial charge is 0.322 e. The number of rotatable bonds is 4. The fourth-order valence-electron chi connectivity index (χ4n) is 1.82. The van der Waals surface area contributed by atoms with Gasteiger partial charge in [0.2, 0.25) is 5.28 Å². The average Bonchev–Trinajstić information content (AvgIpc) is 2.37. The zero-order valence-electron chi connectivity index (χ0n) is 11.8. The zero-order valence-corrected chi connectivity index (χ0v) is 13.4. The van der Waals surface area contributed by atoms with Gasteiger partial charge in [0.25, 0.3) is 0 Å². The second-order valence-electron chi connectivity index (χ2n) is 4.81. The van der Waals surface area contributed by atoms with Crippen LogP contribution in [0, 0.1) is 17.0 Å². The van der Waals surface area contributed by atoms with Crippen molar-refractivity contribution in [2.75, 3.05) is 0 Å². The third-order valence-corrected chi connectivity index (χ3v) is 4.10. The van der Waals surface area contributed by atoms with Crippen molar-refractivity contribution >= 4 is 29.1 Å². The van der Waals surface area contributed by atoms with Crippen LogP contribution in [-0.4, -0.2) is 14.9 Å². The molecule has 21 heavy (non-hydrogen) atoms. The minimum absolute atomic E-state index is 0.0133. The van der Waals surface area contributed by atoms with Crippen LogP contribution in [0.15, 0.2) is 34.2 Å². The van der Waals surface area contributed by atoms with E-state index in [1.807, 2.05) is 24.3 Å². The quantitative estimate of drug-likeness (QED) is 0.355. The number of aryl methyl sites for hydroxylation is 1. The van der Waals surface area contributed by atoms with E-state index in [0.717, 1.165) is 4.90 Å². The lowest BCUT2D eigenvalue weighted by Crippen LogP contribution is -2.00. The fraction of sp³-hybridized carbons (Fsp3) is 0.286. The first-order chi connectivity index (χ1) is 9.88. The molecule has 0 atom stereocenters. The van der Waals surface area contributed by atoms with Gasteiger partial charge in [0.15, 0.2) is 5.03 Å². The Hall–Kier alpha value is -1.66. The van der Waals surface area contributed by atoms with E-state index in [4.69, 9.17) is 11.6 Å². The molecule has 0 N–H and O–H groups in total. The predicted molar refractivity (Wildman–Crippen MR) is 83.1 cm³/mol. The molecule has 0 bridgehead atoms. The third kappa shape index (κ3) is 3.71. The fourth-order valence-corrected chi connectivity index (χ4v) is 3.03. The van der Waals surface area contributed by atoms with Crippen molar-refractivity contribution in [3.05, 3.63) is 50.9 Å². The lowest BCUT2D eigenvalue weighted by Gasteiger charge is -2.07. The molecule has 0 unspecified atom stereocenters. The average molecular weight is 324 g/mol. The number of benzene rings is 1. The van der Waals surface area contributed by atoms with Crippen molar-refractivity contribution in [3.8, 4) is 0 Å². The molecule has 0 fully saturated rings. The Balaban J connectivity index is 2.37. The van der Waals surface area contributed by atoms with Crippen LogP contribution in [0.25, 0.3) is 0 Å². The molecular formula is C14H14ClN3O2S. The molecule has 7 heteroatoms. The van der Waals surface area contributed by atoms with Crippen LogP contribution in [0.5, 0.6) is 0 Å². The summed E-state index contributed by atoms with van der Waals surface area (Å²) in [5.74, 6) is 0.439. The van der Waals surface area contributed by atoms with Crippen LogP contribution < -0.4 is 0 Å². The highest BCUT2D eigenvalue weighted by molar-refractivity contribution is 7.99. The van der Waals surface area contributed by atoms with Crippen LogP contribution in [0.4, 0.5) is 5.69 Å². The van der Waals surface area contributed by atoms with Crippen LogP contribution >= 0.6 is 23.4 Å². The molecule has 0 aliphatic carbocycles. The molecule has 0 radical (unpaired) electrons. The highest BCUT2D eigenvalue weighted by Crippen LogP contribution is 2.35. The molecule has 2 aromatic rings. The lowest BCUT2D eigenvalue weighted by molar-refractivity contribution is -0.389. The summed E-state index contributed by atoms with van der Waals surface area (Å²) in [5, 5.41) is 11.4. The molecule has 0 saturated heterocycles. The molecule has 1 aromatic heterocycles. The molecule has 0 amide bonds. The summed E-state index contributed by atoms with van der Waals surface area (Å²) in [6, 6.07) is 7.87. The van der Waals surface area contributed by atoms with E-state index in [9.17, 15) is 10.1 Å². The summed E-state index contributed by atoms with van der Waals surface area (Å²) in [7, 11) is 0. The molecule has 0 aliphatic rings. The maximum absolute atomic E-state index is 11.2. The van der Waals surface area contributed by atoms with Gasteiger partial charge in [-0.05, 0) is 42.1 Å². The number of hydrogen-bond donors (Lipinski definition) is 0. The molecule has 0 aliphatic heterocycles. The monoisotopic (exact) mass is 323 g/mol. The van der Waals surface area contributed by atoms with Crippen LogP contribution in [0.3, 0.4) is 0 Å². The second-order valence-corrected chi connectivity index (χ2v) is 6.22. The lowest BCUT2D eigenvalue weighted by atomic mass is 10.0. The van der Waals surface area contributed by atoms with E-state index in [1.54, 1.807) is 6.92 Å². The van der Waals surface area contributed by atoms with E-state index >= 15 is 0 Å². The van der Waals surface area contributed by atoms with Crippen molar-refractivity contribution in [1.82, 2.24) is 9.97 Å². The highest BCUT2D eigenvalue weighted by Gasteiger charge is 2.22. The van der Waals surface area contributed by atoms with Gasteiger partial charge in [-0.3, -0.25) is 10.1 Å². The molecule has 5 nitrogen and oxygen atoms in total. The first kappa shape index (κ1) is 15.7. The molecule has 1 heterocycles. The van der Waals surface area contributed by atoms with E-state index in [1.165, 1.54) is 17.3 Å². The maximum Gasteiger partial charge on any atom is 0.322 e. The van der Waals surface area contributed by atoms with Gasteiger partial charge < -0.3 is 0 Å². The number of nitro groups is 1. The topological polar surface area (TPSA) is 68.9 Å². The van der Waals surface area contributed by atoms with E-state index < -0.39 is 4.92 Å². The summed E-state index contributed by atoms with van der Waals surface area (Å²) in [4.78, 5) is 19.4. The Morgan fingerprint density at radius 2 is 1.86 bits per heavy atom. The Morgan fingerprint density at radius 1 is 1.24 bits per heavy atom. The normalized spacial score (nSPS) is 10.9. The Kier molecular flexibility index (Phi) is 4.80. The van der Waals surface area contributed by atoms with Gasteiger partial charge >= 0.3 is 5.69 Å². The second kappa shape index (κ2) is 6.41. The van der Waals surface area contributed by atoms with Gasteiger partial charge in [-0.25, -0.2) is 9.97 Å². The van der Waals surface area contributed by atoms with E-state index in [2.05, 4.69) is 23.8 Å². The molecular weight excluding hydrogens is 310 g/mol. The summed E-state index contributed by atoms with van der Waals surface area (Å²) >= 11 is 7.02. The van der Waals surface area contributed by atoms with Crippen LogP contribution in [-0.2, 0) is 0 Å². The van der Waals surface area contributed by atoms with E-state index in [0.29, 0.717) is 5.92 Å². The third-order valence-electron chi connectivity index (χ3n) is 2.94. The van der Waals surface area contributed by atoms with Gasteiger partial charge in [-0.15, -0.1) is 0 Å². The zero-order chi connectivity index (χ0) is 15.6. The predicted octanol–water partition coefficient (Wildman–Crippen LogP) is 4.62. The minimum Gasteiger partial charge on any atom is -0.258 e. The van der Waals surface area contributed by atoms with Crippen LogP contribution in [0.1, 0.15) is 31.0 Å². The Labute approximate surface area is 131 Å². The Morgan fingerprint density at radius 3 is 2.38 bits per heavy atom. The summed E-state index contributed by atoms with van der Waals surface area (Å²) in [5.41, 5.74) is 1.38. The van der Waals surface area contributed by atoms with Crippen molar-refractivity contribution < 1.29 is 4.92 Å². The minimum atomic E-state index is -0.476. The number of hydrogen-bond acceptors (Lipinski definition) is 5. The van der Waals surface area contributed by atoms with Gasteiger partial charge in [0, 0.05) is 4.90 Å². The van der Waals surface area contributed by atoms with Gasteiger partial charge in [0.05, 0.1) is 4.92 Å². The molecule has 0 saturated carbocycles. The van der Waals surface area contributed by atoms with Gasteiger partial charge in [-0.1, -0.05) is 37.7 Å². The van der Waals surface area contributed by atoms with Crippen molar-refractivity contribution in [2.45, 2.75) is 36.6 Å². The molecule has 110 valence electrons. The van der Waals surface area contributed by atoms with Crippen LogP contribution in [0.2, 0.25) is 5.28 Å². The maximum atomic E-state index is 11.2. The first-order valence-electron chi connectivity index (χ1n) is 6.35. The van der Waals surface area contributed by atoms with Crippen molar-refractivity contribution in [2.24, 2.45) is 0 Å². The SMILES string of the molecule is Cc1nc(Cl)nc(Sc2ccc(C(C)C)cc2)c1[N+](=O)[O-].